The minimum absolute atomic E-state index is 0.209. The maximum Gasteiger partial charge on any atom is 0.246 e. The Balaban J connectivity index is 1.61. The van der Waals surface area contributed by atoms with Crippen molar-refractivity contribution in [2.75, 3.05) is 0 Å². The molecule has 0 saturated heterocycles. The molecule has 0 aliphatic heterocycles. The van der Waals surface area contributed by atoms with E-state index in [9.17, 15) is 4.79 Å². The minimum Gasteiger partial charge on any atom is -0.273 e. The zero-order valence-electron chi connectivity index (χ0n) is 11.9. The second kappa shape index (κ2) is 6.40. The van der Waals surface area contributed by atoms with Gasteiger partial charge in [0.1, 0.15) is 10.7 Å². The lowest BCUT2D eigenvalue weighted by molar-refractivity contribution is -0.120. The first-order valence-electron chi connectivity index (χ1n) is 6.65. The highest BCUT2D eigenvalue weighted by Crippen LogP contribution is 2.09. The Morgan fingerprint density at radius 1 is 1.32 bits per heavy atom. The van der Waals surface area contributed by atoms with Crippen LogP contribution in [0.25, 0.3) is 11.0 Å². The molecule has 2 heterocycles. The number of amides is 1. The average molecular weight is 311 g/mol. The fourth-order valence-electron chi connectivity index (χ4n) is 1.86. The van der Waals surface area contributed by atoms with Crippen molar-refractivity contribution in [3.8, 4) is 0 Å². The molecule has 3 aromatic rings. The van der Waals surface area contributed by atoms with E-state index in [1.54, 1.807) is 6.20 Å². The summed E-state index contributed by atoms with van der Waals surface area (Å²) in [5.74, 6) is -0.209. The van der Waals surface area contributed by atoms with E-state index in [-0.39, 0.29) is 12.3 Å². The molecule has 3 rings (SSSR count). The van der Waals surface area contributed by atoms with Gasteiger partial charge in [0.2, 0.25) is 5.91 Å². The second-order valence-corrected chi connectivity index (χ2v) is 5.58. The summed E-state index contributed by atoms with van der Waals surface area (Å²) in [6.45, 7) is 1.90. The van der Waals surface area contributed by atoms with Crippen molar-refractivity contribution in [1.29, 1.82) is 0 Å². The molecule has 0 radical (unpaired) electrons. The van der Waals surface area contributed by atoms with Crippen LogP contribution in [-0.2, 0) is 11.2 Å². The Hall–Kier alpha value is -2.67. The first kappa shape index (κ1) is 14.3. The molecule has 0 fully saturated rings. The molecule has 0 aliphatic carbocycles. The van der Waals surface area contributed by atoms with Gasteiger partial charge in [0.25, 0.3) is 0 Å². The maximum absolute atomic E-state index is 11.7. The van der Waals surface area contributed by atoms with Gasteiger partial charge in [0.15, 0.2) is 0 Å². The third-order valence-electron chi connectivity index (χ3n) is 2.83. The molecular formula is C15H13N5OS. The van der Waals surface area contributed by atoms with Crippen molar-refractivity contribution in [3.05, 3.63) is 52.2 Å². The second-order valence-electron chi connectivity index (χ2n) is 4.64. The Bertz CT molecular complexity index is 843. The number of fused-ring (bicyclic) bond motifs is 1. The Morgan fingerprint density at radius 2 is 2.14 bits per heavy atom. The molecule has 0 bridgehead atoms. The van der Waals surface area contributed by atoms with Crippen LogP contribution in [0.15, 0.2) is 40.9 Å². The Morgan fingerprint density at radius 3 is 2.91 bits per heavy atom. The molecule has 2 aromatic heterocycles. The monoisotopic (exact) mass is 311 g/mol. The lowest BCUT2D eigenvalue weighted by Crippen LogP contribution is -2.19. The maximum atomic E-state index is 11.7. The predicted octanol–water partition coefficient (Wildman–Crippen LogP) is 2.09. The van der Waals surface area contributed by atoms with Crippen LogP contribution in [-0.4, -0.2) is 27.1 Å². The number of aromatic nitrogens is 3. The molecule has 110 valence electrons. The van der Waals surface area contributed by atoms with Crippen LogP contribution in [0.2, 0.25) is 0 Å². The van der Waals surface area contributed by atoms with Gasteiger partial charge in [-0.05, 0) is 19.1 Å². The molecule has 0 atom stereocenters. The lowest BCUT2D eigenvalue weighted by atomic mass is 10.3. The van der Waals surface area contributed by atoms with E-state index in [4.69, 9.17) is 0 Å². The van der Waals surface area contributed by atoms with E-state index in [1.807, 2.05) is 36.6 Å². The summed E-state index contributed by atoms with van der Waals surface area (Å²) in [7, 11) is 0. The normalized spacial score (nSPS) is 11.1. The van der Waals surface area contributed by atoms with Crippen LogP contribution >= 0.6 is 11.3 Å². The SMILES string of the molecule is Cc1csc(CC(=O)N/N=C\c2cnc3ccccc3n2)n1. The summed E-state index contributed by atoms with van der Waals surface area (Å²) in [5, 5.41) is 6.59. The number of aryl methyl sites for hydroxylation is 1. The number of thiazole rings is 1. The summed E-state index contributed by atoms with van der Waals surface area (Å²) in [6, 6.07) is 7.57. The molecule has 0 unspecified atom stereocenters. The molecule has 0 saturated carbocycles. The summed E-state index contributed by atoms with van der Waals surface area (Å²) in [6.07, 6.45) is 3.31. The number of hydrazone groups is 1. The van der Waals surface area contributed by atoms with Gasteiger partial charge < -0.3 is 0 Å². The zero-order chi connectivity index (χ0) is 15.4. The lowest BCUT2D eigenvalue weighted by Gasteiger charge is -1.98. The van der Waals surface area contributed by atoms with Crippen LogP contribution in [0.5, 0.6) is 0 Å². The van der Waals surface area contributed by atoms with Gasteiger partial charge in [-0.3, -0.25) is 9.78 Å². The molecule has 0 aliphatic rings. The fraction of sp³-hybridized carbons (Fsp3) is 0.133. The molecular weight excluding hydrogens is 298 g/mol. The first-order valence-corrected chi connectivity index (χ1v) is 7.53. The molecule has 7 heteroatoms. The smallest absolute Gasteiger partial charge is 0.246 e. The van der Waals surface area contributed by atoms with E-state index in [0.717, 1.165) is 21.7 Å². The quantitative estimate of drug-likeness (QED) is 0.591. The number of carbonyl (C=O) groups is 1. The van der Waals surface area contributed by atoms with Gasteiger partial charge >= 0.3 is 0 Å². The van der Waals surface area contributed by atoms with Gasteiger partial charge in [-0.1, -0.05) is 12.1 Å². The summed E-state index contributed by atoms with van der Waals surface area (Å²) in [5.41, 5.74) is 5.58. The van der Waals surface area contributed by atoms with E-state index in [2.05, 4.69) is 25.5 Å². The number of benzene rings is 1. The summed E-state index contributed by atoms with van der Waals surface area (Å²) >= 11 is 1.46. The van der Waals surface area contributed by atoms with Crippen molar-refractivity contribution in [3.63, 3.8) is 0 Å². The zero-order valence-corrected chi connectivity index (χ0v) is 12.7. The standard InChI is InChI=1S/C15H13N5OS/c1-10-9-22-15(18-10)6-14(21)20-17-8-11-7-16-12-4-2-3-5-13(12)19-11/h2-5,7-9H,6H2,1H3,(H,20,21)/b17-8-. The highest BCUT2D eigenvalue weighted by molar-refractivity contribution is 7.09. The fourth-order valence-corrected chi connectivity index (χ4v) is 2.64. The number of para-hydroxylation sites is 2. The third-order valence-corrected chi connectivity index (χ3v) is 3.80. The van der Waals surface area contributed by atoms with E-state index < -0.39 is 0 Å². The largest absolute Gasteiger partial charge is 0.273 e. The van der Waals surface area contributed by atoms with Crippen molar-refractivity contribution in [1.82, 2.24) is 20.4 Å². The number of hydrogen-bond donors (Lipinski definition) is 1. The van der Waals surface area contributed by atoms with Gasteiger partial charge in [-0.2, -0.15) is 5.10 Å². The highest BCUT2D eigenvalue weighted by atomic mass is 32.1. The molecule has 6 nitrogen and oxygen atoms in total. The summed E-state index contributed by atoms with van der Waals surface area (Å²) < 4.78 is 0. The third kappa shape index (κ3) is 3.50. The predicted molar refractivity (Wildman–Crippen MR) is 85.8 cm³/mol. The average Bonchev–Trinajstić information content (AvgIpc) is 2.92. The van der Waals surface area contributed by atoms with Crippen molar-refractivity contribution < 1.29 is 4.79 Å². The number of rotatable bonds is 4. The van der Waals surface area contributed by atoms with Crippen molar-refractivity contribution in [2.45, 2.75) is 13.3 Å². The van der Waals surface area contributed by atoms with Crippen LogP contribution in [0.1, 0.15) is 16.4 Å². The Labute approximate surface area is 131 Å². The van der Waals surface area contributed by atoms with E-state index in [0.29, 0.717) is 5.69 Å². The number of nitrogens with zero attached hydrogens (tertiary/aromatic N) is 4. The van der Waals surface area contributed by atoms with Crippen molar-refractivity contribution >= 4 is 34.5 Å². The van der Waals surface area contributed by atoms with Crippen LogP contribution < -0.4 is 5.43 Å². The molecule has 0 spiro atoms. The van der Waals surface area contributed by atoms with Crippen LogP contribution in [0, 0.1) is 6.92 Å². The van der Waals surface area contributed by atoms with E-state index >= 15 is 0 Å². The minimum atomic E-state index is -0.209. The van der Waals surface area contributed by atoms with Gasteiger partial charge in [-0.15, -0.1) is 11.3 Å². The summed E-state index contributed by atoms with van der Waals surface area (Å²) in [4.78, 5) is 24.6. The topological polar surface area (TPSA) is 80.1 Å². The van der Waals surface area contributed by atoms with Gasteiger partial charge in [0.05, 0.1) is 29.9 Å². The van der Waals surface area contributed by atoms with E-state index in [1.165, 1.54) is 17.6 Å². The van der Waals surface area contributed by atoms with Gasteiger partial charge in [-0.25, -0.2) is 15.4 Å². The molecule has 22 heavy (non-hydrogen) atoms. The van der Waals surface area contributed by atoms with Crippen LogP contribution in [0.4, 0.5) is 0 Å². The number of nitrogens with one attached hydrogen (secondary N) is 1. The van der Waals surface area contributed by atoms with Crippen molar-refractivity contribution in [2.24, 2.45) is 5.10 Å². The Kier molecular flexibility index (Phi) is 4.15. The van der Waals surface area contributed by atoms with Gasteiger partial charge in [0, 0.05) is 11.1 Å². The van der Waals surface area contributed by atoms with Crippen LogP contribution in [0.3, 0.4) is 0 Å². The number of carbonyl (C=O) groups excluding carboxylic acids is 1. The molecule has 1 aromatic carbocycles. The highest BCUT2D eigenvalue weighted by Gasteiger charge is 2.05. The molecule has 1 amide bonds. The first-order chi connectivity index (χ1) is 10.7. The number of hydrogen-bond acceptors (Lipinski definition) is 6. The molecule has 1 N–H and O–H groups in total.